The molecule has 0 aromatic heterocycles. The molecule has 0 saturated carbocycles. The zero-order valence-corrected chi connectivity index (χ0v) is 11.7. The quantitative estimate of drug-likeness (QED) is 0.722. The lowest BCUT2D eigenvalue weighted by Crippen LogP contribution is -2.24. The molecule has 0 amide bonds. The summed E-state index contributed by atoms with van der Waals surface area (Å²) in [4.78, 5) is 0. The van der Waals surface area contributed by atoms with E-state index in [0.29, 0.717) is 0 Å². The molecule has 1 unspecified atom stereocenters. The predicted octanol–water partition coefficient (Wildman–Crippen LogP) is 3.61. The molecule has 0 radical (unpaired) electrons. The van der Waals surface area contributed by atoms with Crippen LogP contribution in [0.25, 0.3) is 0 Å². The summed E-state index contributed by atoms with van der Waals surface area (Å²) < 4.78 is 0. The van der Waals surface area contributed by atoms with Gasteiger partial charge in [-0.15, -0.1) is 0 Å². The molecule has 0 N–H and O–H groups in total. The molecular weight excluding hydrogens is 223 g/mol. The third-order valence-electron chi connectivity index (χ3n) is 3.61. The van der Waals surface area contributed by atoms with Gasteiger partial charge in [0.25, 0.3) is 0 Å². The Morgan fingerprint density at radius 3 is 2.06 bits per heavy atom. The average molecular weight is 243 g/mol. The summed E-state index contributed by atoms with van der Waals surface area (Å²) in [7, 11) is -1.19. The lowest BCUT2D eigenvalue weighted by atomic mass is 10.2. The first kappa shape index (κ1) is 12.3. The number of benzene rings is 2. The Hall–Kier alpha value is -1.13. The lowest BCUT2D eigenvalue weighted by Gasteiger charge is -2.23. The van der Waals surface area contributed by atoms with Crippen LogP contribution >= 0.6 is 7.26 Å². The van der Waals surface area contributed by atoms with Crippen molar-refractivity contribution in [2.24, 2.45) is 0 Å². The Morgan fingerprint density at radius 2 is 1.47 bits per heavy atom. The average Bonchev–Trinajstić information content (AvgIpc) is 2.39. The summed E-state index contributed by atoms with van der Waals surface area (Å²) in [6.45, 7) is 6.99. The van der Waals surface area contributed by atoms with Gasteiger partial charge >= 0.3 is 0 Å². The van der Waals surface area contributed by atoms with Crippen molar-refractivity contribution in [2.45, 2.75) is 13.8 Å². The highest BCUT2D eigenvalue weighted by molar-refractivity contribution is 7.89. The fourth-order valence-corrected chi connectivity index (χ4v) is 5.45. The smallest absolute Gasteiger partial charge is 0.0620 e. The molecule has 0 fully saturated rings. The Bertz CT molecular complexity index is 490. The molecule has 88 valence electrons. The van der Waals surface area contributed by atoms with Crippen LogP contribution in [0.3, 0.4) is 0 Å². The molecule has 2 rings (SSSR count). The molecule has 0 bridgehead atoms. The highest BCUT2D eigenvalue weighted by atomic mass is 31.2. The van der Waals surface area contributed by atoms with Gasteiger partial charge in [-0.1, -0.05) is 36.4 Å². The molecule has 2 aromatic rings. The highest BCUT2D eigenvalue weighted by Crippen LogP contribution is 2.52. The first-order valence-electron chi connectivity index (χ1n) is 6.16. The molecule has 0 aliphatic rings. The second kappa shape index (κ2) is 5.02. The van der Waals surface area contributed by atoms with E-state index < -0.39 is 7.26 Å². The van der Waals surface area contributed by atoms with Gasteiger partial charge in [0.2, 0.25) is 0 Å². The molecule has 17 heavy (non-hydrogen) atoms. The van der Waals surface area contributed by atoms with Gasteiger partial charge in [-0.2, -0.15) is 0 Å². The molecule has 0 spiro atoms. The standard InChI is InChI=1S/C16H20P/c1-4-17(3,15-11-6-5-7-12-15)16-13-9-8-10-14(16)2/h5-13H,4H2,1-3H3/q+1. The third kappa shape index (κ3) is 2.28. The summed E-state index contributed by atoms with van der Waals surface area (Å²) in [6, 6.07) is 19.8. The maximum Gasteiger partial charge on any atom is 0.102 e. The first-order chi connectivity index (χ1) is 8.18. The summed E-state index contributed by atoms with van der Waals surface area (Å²) >= 11 is 0. The third-order valence-corrected chi connectivity index (χ3v) is 7.87. The van der Waals surface area contributed by atoms with E-state index >= 15 is 0 Å². The summed E-state index contributed by atoms with van der Waals surface area (Å²) in [5, 5.41) is 3.06. The van der Waals surface area contributed by atoms with Crippen molar-refractivity contribution in [1.82, 2.24) is 0 Å². The van der Waals surface area contributed by atoms with Crippen molar-refractivity contribution in [1.29, 1.82) is 0 Å². The number of hydrogen-bond donors (Lipinski definition) is 0. The minimum absolute atomic E-state index is 1.19. The van der Waals surface area contributed by atoms with Crippen LogP contribution in [-0.2, 0) is 0 Å². The van der Waals surface area contributed by atoms with Crippen molar-refractivity contribution in [2.75, 3.05) is 12.8 Å². The molecule has 2 aromatic carbocycles. The van der Waals surface area contributed by atoms with E-state index in [1.165, 1.54) is 17.0 Å². The van der Waals surface area contributed by atoms with Crippen molar-refractivity contribution in [3.05, 3.63) is 60.2 Å². The van der Waals surface area contributed by atoms with Crippen LogP contribution in [0.4, 0.5) is 0 Å². The molecule has 0 heterocycles. The van der Waals surface area contributed by atoms with E-state index in [1.54, 1.807) is 5.30 Å². The summed E-state index contributed by atoms with van der Waals surface area (Å²) in [5.74, 6) is 0. The number of hydrogen-bond acceptors (Lipinski definition) is 0. The maximum atomic E-state index is 2.45. The highest BCUT2D eigenvalue weighted by Gasteiger charge is 2.36. The van der Waals surface area contributed by atoms with Crippen LogP contribution < -0.4 is 10.6 Å². The van der Waals surface area contributed by atoms with Crippen LogP contribution in [0.15, 0.2) is 54.6 Å². The van der Waals surface area contributed by atoms with Crippen molar-refractivity contribution >= 4 is 17.9 Å². The van der Waals surface area contributed by atoms with E-state index in [1.807, 2.05) is 0 Å². The Kier molecular flexibility index (Phi) is 3.64. The minimum Gasteiger partial charge on any atom is -0.0620 e. The van der Waals surface area contributed by atoms with Gasteiger partial charge in [0, 0.05) is 0 Å². The molecule has 0 aliphatic carbocycles. The minimum atomic E-state index is -1.19. The largest absolute Gasteiger partial charge is 0.102 e. The molecular formula is C16H20P+. The van der Waals surface area contributed by atoms with Gasteiger partial charge in [0.15, 0.2) is 0 Å². The molecule has 1 heteroatoms. The fourth-order valence-electron chi connectivity index (χ4n) is 2.37. The monoisotopic (exact) mass is 243 g/mol. The normalized spacial score (nSPS) is 14.3. The SMILES string of the molecule is CC[P+](C)(c1ccccc1)c1ccccc1C. The number of aryl methyl sites for hydroxylation is 1. The Morgan fingerprint density at radius 1 is 0.882 bits per heavy atom. The zero-order chi connectivity index (χ0) is 12.3. The Balaban J connectivity index is 2.56. The summed E-state index contributed by atoms with van der Waals surface area (Å²) in [6.07, 6.45) is 1.22. The van der Waals surface area contributed by atoms with Crippen LogP contribution in [0.2, 0.25) is 0 Å². The number of rotatable bonds is 3. The molecule has 1 atom stereocenters. The van der Waals surface area contributed by atoms with E-state index in [2.05, 4.69) is 75.1 Å². The molecule has 0 saturated heterocycles. The zero-order valence-electron chi connectivity index (χ0n) is 10.9. The predicted molar refractivity (Wildman–Crippen MR) is 80.3 cm³/mol. The molecule has 0 aliphatic heterocycles. The van der Waals surface area contributed by atoms with Gasteiger partial charge in [0.05, 0.1) is 25.4 Å². The second-order valence-electron chi connectivity index (χ2n) is 4.63. The van der Waals surface area contributed by atoms with Gasteiger partial charge < -0.3 is 0 Å². The Labute approximate surface area is 105 Å². The summed E-state index contributed by atoms with van der Waals surface area (Å²) in [5.41, 5.74) is 1.43. The fraction of sp³-hybridized carbons (Fsp3) is 0.250. The molecule has 0 nitrogen and oxygen atoms in total. The van der Waals surface area contributed by atoms with E-state index in [0.717, 1.165) is 0 Å². The van der Waals surface area contributed by atoms with Crippen molar-refractivity contribution in [3.8, 4) is 0 Å². The van der Waals surface area contributed by atoms with Crippen LogP contribution in [0.1, 0.15) is 12.5 Å². The van der Waals surface area contributed by atoms with Gasteiger partial charge in [0.1, 0.15) is 5.30 Å². The van der Waals surface area contributed by atoms with E-state index in [4.69, 9.17) is 0 Å². The second-order valence-corrected chi connectivity index (χ2v) is 8.64. The van der Waals surface area contributed by atoms with Gasteiger partial charge in [-0.05, 0) is 37.6 Å². The van der Waals surface area contributed by atoms with Gasteiger partial charge in [-0.25, -0.2) is 0 Å². The van der Waals surface area contributed by atoms with Gasteiger partial charge in [-0.3, -0.25) is 0 Å². The van der Waals surface area contributed by atoms with Crippen LogP contribution in [0.5, 0.6) is 0 Å². The van der Waals surface area contributed by atoms with Crippen molar-refractivity contribution < 1.29 is 0 Å². The topological polar surface area (TPSA) is 0 Å². The van der Waals surface area contributed by atoms with E-state index in [-0.39, 0.29) is 0 Å². The van der Waals surface area contributed by atoms with Crippen molar-refractivity contribution in [3.63, 3.8) is 0 Å². The lowest BCUT2D eigenvalue weighted by molar-refractivity contribution is 1.45. The maximum absolute atomic E-state index is 2.45. The van der Waals surface area contributed by atoms with E-state index in [9.17, 15) is 0 Å². The van der Waals surface area contributed by atoms with Crippen LogP contribution in [-0.4, -0.2) is 12.8 Å². The first-order valence-corrected chi connectivity index (χ1v) is 8.58. The van der Waals surface area contributed by atoms with Crippen LogP contribution in [0, 0.1) is 6.92 Å².